The van der Waals surface area contributed by atoms with Crippen molar-refractivity contribution in [1.82, 2.24) is 4.57 Å². The van der Waals surface area contributed by atoms with Crippen molar-refractivity contribution >= 4 is 23.4 Å². The minimum atomic E-state index is -0.613. The molecule has 0 aliphatic carbocycles. The number of nitrogens with zero attached hydrogens (tertiary/aromatic N) is 2. The molecule has 0 fully saturated rings. The third-order valence-corrected chi connectivity index (χ3v) is 6.41. The van der Waals surface area contributed by atoms with Gasteiger partial charge in [0.1, 0.15) is 5.76 Å². The van der Waals surface area contributed by atoms with E-state index in [-0.39, 0.29) is 17.6 Å². The number of furan rings is 1. The van der Waals surface area contributed by atoms with E-state index in [1.54, 1.807) is 42.9 Å². The highest BCUT2D eigenvalue weighted by Crippen LogP contribution is 2.32. The Labute approximate surface area is 190 Å². The molecule has 0 saturated carbocycles. The van der Waals surface area contributed by atoms with Gasteiger partial charge in [-0.05, 0) is 42.5 Å². The summed E-state index contributed by atoms with van der Waals surface area (Å²) in [6, 6.07) is 11.0. The van der Waals surface area contributed by atoms with E-state index in [0.29, 0.717) is 26.4 Å². The molecule has 0 bridgehead atoms. The Kier molecular flexibility index (Phi) is 5.77. The van der Waals surface area contributed by atoms with Gasteiger partial charge < -0.3 is 9.15 Å². The van der Waals surface area contributed by atoms with Gasteiger partial charge in [-0.3, -0.25) is 9.36 Å². The van der Waals surface area contributed by atoms with Crippen LogP contribution < -0.4 is 14.9 Å². The summed E-state index contributed by atoms with van der Waals surface area (Å²) in [5.41, 5.74) is 2.72. The molecule has 4 rings (SSSR count). The van der Waals surface area contributed by atoms with E-state index < -0.39 is 12.0 Å². The van der Waals surface area contributed by atoms with E-state index in [1.165, 1.54) is 16.9 Å². The lowest BCUT2D eigenvalue weighted by Crippen LogP contribution is -2.40. The number of thiazole rings is 1. The van der Waals surface area contributed by atoms with Crippen LogP contribution in [0.2, 0.25) is 0 Å². The summed E-state index contributed by atoms with van der Waals surface area (Å²) in [6.07, 6.45) is 3.26. The number of fused-ring (bicyclic) bond motifs is 1. The number of aromatic nitrogens is 1. The van der Waals surface area contributed by atoms with Crippen molar-refractivity contribution in [2.24, 2.45) is 4.99 Å². The van der Waals surface area contributed by atoms with Gasteiger partial charge in [0.2, 0.25) is 0 Å². The van der Waals surface area contributed by atoms with E-state index in [1.807, 2.05) is 24.3 Å². The van der Waals surface area contributed by atoms with Crippen LogP contribution in [-0.2, 0) is 14.9 Å². The lowest BCUT2D eigenvalue weighted by molar-refractivity contribution is -0.139. The average Bonchev–Trinajstić information content (AvgIpc) is 3.35. The maximum atomic E-state index is 13.4. The van der Waals surface area contributed by atoms with Crippen LogP contribution in [0, 0.1) is 0 Å². The molecule has 6 nitrogen and oxygen atoms in total. The fourth-order valence-corrected chi connectivity index (χ4v) is 4.80. The van der Waals surface area contributed by atoms with Gasteiger partial charge in [-0.1, -0.05) is 56.4 Å². The van der Waals surface area contributed by atoms with E-state index >= 15 is 0 Å². The molecule has 0 spiro atoms. The second-order valence-corrected chi connectivity index (χ2v) is 9.70. The summed E-state index contributed by atoms with van der Waals surface area (Å²) >= 11 is 1.28. The SMILES string of the molecule is CCOC(=O)C1=C(C)N=c2sc(=Cc3ccco3)c(=O)n2[C@@H]1c1ccc(C(C)(C)C)cc1. The van der Waals surface area contributed by atoms with Crippen molar-refractivity contribution in [2.75, 3.05) is 6.61 Å². The molecule has 1 aliphatic heterocycles. The molecule has 0 amide bonds. The molecule has 0 saturated heterocycles. The smallest absolute Gasteiger partial charge is 0.338 e. The summed E-state index contributed by atoms with van der Waals surface area (Å²) in [5.74, 6) is 0.127. The van der Waals surface area contributed by atoms with Gasteiger partial charge in [0.15, 0.2) is 4.80 Å². The highest BCUT2D eigenvalue weighted by molar-refractivity contribution is 7.07. The summed E-state index contributed by atoms with van der Waals surface area (Å²) in [6.45, 7) is 10.2. The third-order valence-electron chi connectivity index (χ3n) is 5.43. The molecule has 3 heterocycles. The molecule has 1 aromatic carbocycles. The van der Waals surface area contributed by atoms with Crippen LogP contribution >= 0.6 is 11.3 Å². The van der Waals surface area contributed by atoms with Crippen LogP contribution in [0.3, 0.4) is 0 Å². The topological polar surface area (TPSA) is 73.8 Å². The third kappa shape index (κ3) is 4.00. The van der Waals surface area contributed by atoms with Crippen LogP contribution in [0.1, 0.15) is 57.5 Å². The van der Waals surface area contributed by atoms with Gasteiger partial charge in [-0.15, -0.1) is 0 Å². The fraction of sp³-hybridized carbons (Fsp3) is 0.320. The lowest BCUT2D eigenvalue weighted by Gasteiger charge is -2.26. The molecule has 0 radical (unpaired) electrons. The molecule has 2 aromatic heterocycles. The fourth-order valence-electron chi connectivity index (χ4n) is 3.77. The minimum Gasteiger partial charge on any atom is -0.465 e. The number of rotatable bonds is 4. The normalized spacial score (nSPS) is 16.7. The molecule has 1 atom stereocenters. The van der Waals surface area contributed by atoms with Gasteiger partial charge in [0.25, 0.3) is 5.56 Å². The molecule has 32 heavy (non-hydrogen) atoms. The molecule has 0 unspecified atom stereocenters. The first kappa shape index (κ1) is 22.0. The molecule has 0 N–H and O–H groups in total. The number of allylic oxidation sites excluding steroid dienone is 1. The molecule has 3 aromatic rings. The summed E-state index contributed by atoms with van der Waals surface area (Å²) in [7, 11) is 0. The maximum absolute atomic E-state index is 13.4. The van der Waals surface area contributed by atoms with Crippen molar-refractivity contribution in [3.8, 4) is 0 Å². The average molecular weight is 451 g/mol. The second-order valence-electron chi connectivity index (χ2n) is 8.69. The quantitative estimate of drug-likeness (QED) is 0.569. The molecular weight excluding hydrogens is 424 g/mol. The van der Waals surface area contributed by atoms with Crippen molar-refractivity contribution in [3.05, 3.63) is 90.5 Å². The number of ether oxygens (including phenoxy) is 1. The van der Waals surface area contributed by atoms with E-state index in [9.17, 15) is 9.59 Å². The Bertz CT molecular complexity index is 1350. The number of hydrogen-bond acceptors (Lipinski definition) is 6. The zero-order chi connectivity index (χ0) is 23.0. The van der Waals surface area contributed by atoms with E-state index in [0.717, 1.165) is 5.56 Å². The Morgan fingerprint density at radius 1 is 1.25 bits per heavy atom. The number of hydrogen-bond donors (Lipinski definition) is 0. The first-order valence-corrected chi connectivity index (χ1v) is 11.4. The maximum Gasteiger partial charge on any atom is 0.338 e. The van der Waals surface area contributed by atoms with Crippen molar-refractivity contribution in [3.63, 3.8) is 0 Å². The van der Waals surface area contributed by atoms with Crippen molar-refractivity contribution < 1.29 is 13.9 Å². The highest BCUT2D eigenvalue weighted by atomic mass is 32.1. The first-order chi connectivity index (χ1) is 15.2. The zero-order valence-corrected chi connectivity index (χ0v) is 19.7. The lowest BCUT2D eigenvalue weighted by atomic mass is 9.85. The van der Waals surface area contributed by atoms with Crippen LogP contribution in [0.25, 0.3) is 6.08 Å². The van der Waals surface area contributed by atoms with Gasteiger partial charge in [0.05, 0.1) is 34.7 Å². The van der Waals surface area contributed by atoms with Crippen LogP contribution in [-0.4, -0.2) is 17.1 Å². The Balaban J connectivity index is 1.94. The van der Waals surface area contributed by atoms with Gasteiger partial charge >= 0.3 is 5.97 Å². The van der Waals surface area contributed by atoms with Crippen LogP contribution in [0.4, 0.5) is 0 Å². The van der Waals surface area contributed by atoms with E-state index in [2.05, 4.69) is 25.8 Å². The van der Waals surface area contributed by atoms with Gasteiger partial charge in [-0.2, -0.15) is 0 Å². The van der Waals surface area contributed by atoms with Gasteiger partial charge in [0, 0.05) is 6.08 Å². The standard InChI is InChI=1S/C25H26N2O4S/c1-6-30-23(29)20-15(2)26-24-27(22(28)19(32-24)14-18-8-7-13-31-18)21(20)16-9-11-17(12-10-16)25(3,4)5/h7-14,21H,6H2,1-5H3/t21-/m1/s1. The van der Waals surface area contributed by atoms with Crippen molar-refractivity contribution in [2.45, 2.75) is 46.1 Å². The second kappa shape index (κ2) is 8.39. The monoisotopic (exact) mass is 450 g/mol. The molecule has 7 heteroatoms. The summed E-state index contributed by atoms with van der Waals surface area (Å²) in [5, 5.41) is 0. The van der Waals surface area contributed by atoms with Crippen LogP contribution in [0.15, 0.2) is 68.1 Å². The van der Waals surface area contributed by atoms with E-state index in [4.69, 9.17) is 9.15 Å². The Morgan fingerprint density at radius 2 is 1.97 bits per heavy atom. The number of carbonyl (C=O) groups is 1. The molecule has 166 valence electrons. The molecule has 1 aliphatic rings. The van der Waals surface area contributed by atoms with Crippen molar-refractivity contribution in [1.29, 1.82) is 0 Å². The minimum absolute atomic E-state index is 0.00823. The Hall–Kier alpha value is -3.19. The predicted octanol–water partition coefficient (Wildman–Crippen LogP) is 3.69. The Morgan fingerprint density at radius 3 is 2.56 bits per heavy atom. The molecular formula is C25H26N2O4S. The summed E-state index contributed by atoms with van der Waals surface area (Å²) < 4.78 is 12.8. The number of carbonyl (C=O) groups excluding carboxylic acids is 1. The number of esters is 1. The highest BCUT2D eigenvalue weighted by Gasteiger charge is 2.33. The first-order valence-electron chi connectivity index (χ1n) is 10.5. The number of benzene rings is 1. The largest absolute Gasteiger partial charge is 0.465 e. The predicted molar refractivity (Wildman–Crippen MR) is 124 cm³/mol. The zero-order valence-electron chi connectivity index (χ0n) is 18.8. The summed E-state index contributed by atoms with van der Waals surface area (Å²) in [4.78, 5) is 31.5. The van der Waals surface area contributed by atoms with Gasteiger partial charge in [-0.25, -0.2) is 9.79 Å². The van der Waals surface area contributed by atoms with Crippen LogP contribution in [0.5, 0.6) is 0 Å².